The number of aromatic nitrogens is 1. The third-order valence-corrected chi connectivity index (χ3v) is 3.75. The van der Waals surface area contributed by atoms with Crippen molar-refractivity contribution in [2.75, 3.05) is 20.6 Å². The van der Waals surface area contributed by atoms with Crippen LogP contribution in [0, 0.1) is 20.8 Å². The Morgan fingerprint density at radius 2 is 1.84 bits per heavy atom. The van der Waals surface area contributed by atoms with Crippen molar-refractivity contribution in [3.05, 3.63) is 40.6 Å². The van der Waals surface area contributed by atoms with Gasteiger partial charge in [0.2, 0.25) is 0 Å². The van der Waals surface area contributed by atoms with Crippen LogP contribution < -0.4 is 0 Å². The van der Waals surface area contributed by atoms with E-state index in [-0.39, 0.29) is 0 Å². The van der Waals surface area contributed by atoms with Crippen molar-refractivity contribution in [3.63, 3.8) is 0 Å². The molecule has 0 aliphatic carbocycles. The summed E-state index contributed by atoms with van der Waals surface area (Å²) in [6.45, 7) is 6.85. The van der Waals surface area contributed by atoms with Gasteiger partial charge in [-0.15, -0.1) is 0 Å². The Balaban J connectivity index is 2.63. The molecule has 2 aromatic rings. The fourth-order valence-electron chi connectivity index (χ4n) is 2.43. The number of fused-ring (bicyclic) bond motifs is 1. The van der Waals surface area contributed by atoms with Crippen molar-refractivity contribution in [3.8, 4) is 0 Å². The van der Waals surface area contributed by atoms with Crippen LogP contribution in [0.4, 0.5) is 0 Å². The molecular formula is C16H22N2O. The second-order valence-corrected chi connectivity index (χ2v) is 5.47. The molecule has 0 radical (unpaired) electrons. The number of likely N-dealkylation sites (N-methyl/N-ethyl adjacent to an activating group) is 1. The summed E-state index contributed by atoms with van der Waals surface area (Å²) in [5.41, 5.74) is 5.36. The summed E-state index contributed by atoms with van der Waals surface area (Å²) in [4.78, 5) is 6.67. The summed E-state index contributed by atoms with van der Waals surface area (Å²) < 4.78 is 0. The molecule has 1 aromatic carbocycles. The van der Waals surface area contributed by atoms with Crippen LogP contribution in [0.15, 0.2) is 18.2 Å². The first kappa shape index (κ1) is 14.0. The predicted octanol–water partition coefficient (Wildman–Crippen LogP) is 2.76. The van der Waals surface area contributed by atoms with Crippen molar-refractivity contribution in [2.24, 2.45) is 0 Å². The first-order chi connectivity index (χ1) is 8.91. The third kappa shape index (κ3) is 2.62. The van der Waals surface area contributed by atoms with Gasteiger partial charge in [-0.2, -0.15) is 0 Å². The molecule has 2 rings (SSSR count). The fourth-order valence-corrected chi connectivity index (χ4v) is 2.43. The molecule has 102 valence electrons. The minimum Gasteiger partial charge on any atom is -0.387 e. The molecule has 1 atom stereocenters. The molecule has 1 heterocycles. The maximum Gasteiger partial charge on any atom is 0.0937 e. The molecule has 0 bridgehead atoms. The number of para-hydroxylation sites is 1. The van der Waals surface area contributed by atoms with Crippen molar-refractivity contribution in [1.29, 1.82) is 0 Å². The largest absolute Gasteiger partial charge is 0.387 e. The van der Waals surface area contributed by atoms with E-state index in [2.05, 4.69) is 24.9 Å². The normalized spacial score (nSPS) is 13.2. The van der Waals surface area contributed by atoms with Gasteiger partial charge in [-0.1, -0.05) is 18.2 Å². The van der Waals surface area contributed by atoms with Crippen LogP contribution in [-0.2, 0) is 0 Å². The smallest absolute Gasteiger partial charge is 0.0937 e. The van der Waals surface area contributed by atoms with Crippen molar-refractivity contribution >= 4 is 10.9 Å². The minimum atomic E-state index is -0.507. The summed E-state index contributed by atoms with van der Waals surface area (Å²) in [7, 11) is 3.92. The Kier molecular flexibility index (Phi) is 3.88. The van der Waals surface area contributed by atoms with Crippen LogP contribution in [0.2, 0.25) is 0 Å². The molecule has 0 saturated heterocycles. The van der Waals surface area contributed by atoms with Crippen LogP contribution in [0.25, 0.3) is 10.9 Å². The van der Waals surface area contributed by atoms with Gasteiger partial charge in [0.25, 0.3) is 0 Å². The molecular weight excluding hydrogens is 236 g/mol. The summed E-state index contributed by atoms with van der Waals surface area (Å²) in [5.74, 6) is 0. The summed E-state index contributed by atoms with van der Waals surface area (Å²) in [5, 5.41) is 11.5. The minimum absolute atomic E-state index is 0.507. The van der Waals surface area contributed by atoms with E-state index in [0.29, 0.717) is 6.54 Å². The Morgan fingerprint density at radius 1 is 1.16 bits per heavy atom. The van der Waals surface area contributed by atoms with E-state index in [1.165, 1.54) is 11.1 Å². The zero-order valence-electron chi connectivity index (χ0n) is 12.4. The number of benzene rings is 1. The van der Waals surface area contributed by atoms with Crippen LogP contribution >= 0.6 is 0 Å². The SMILES string of the molecule is Cc1nc2c(C(O)CN(C)C)cccc2c(C)c1C. The van der Waals surface area contributed by atoms with E-state index in [1.54, 1.807) is 0 Å². The molecule has 1 N–H and O–H groups in total. The second-order valence-electron chi connectivity index (χ2n) is 5.47. The van der Waals surface area contributed by atoms with Gasteiger partial charge >= 0.3 is 0 Å². The van der Waals surface area contributed by atoms with Gasteiger partial charge in [0, 0.05) is 23.2 Å². The number of pyridine rings is 1. The van der Waals surface area contributed by atoms with Crippen LogP contribution in [0.1, 0.15) is 28.5 Å². The number of hydrogen-bond acceptors (Lipinski definition) is 3. The highest BCUT2D eigenvalue weighted by Crippen LogP contribution is 2.28. The molecule has 3 heteroatoms. The second kappa shape index (κ2) is 5.27. The van der Waals surface area contributed by atoms with Gasteiger partial charge in [-0.25, -0.2) is 0 Å². The molecule has 0 aliphatic heterocycles. The van der Waals surface area contributed by atoms with Gasteiger partial charge in [0.05, 0.1) is 11.6 Å². The Hall–Kier alpha value is -1.45. The van der Waals surface area contributed by atoms with E-state index >= 15 is 0 Å². The van der Waals surface area contributed by atoms with E-state index < -0.39 is 6.10 Å². The number of rotatable bonds is 3. The van der Waals surface area contributed by atoms with Crippen molar-refractivity contribution < 1.29 is 5.11 Å². The Bertz CT molecular complexity index is 605. The predicted molar refractivity (Wildman–Crippen MR) is 79.5 cm³/mol. The lowest BCUT2D eigenvalue weighted by atomic mass is 9.98. The first-order valence-corrected chi connectivity index (χ1v) is 6.61. The lowest BCUT2D eigenvalue weighted by Crippen LogP contribution is -2.20. The zero-order valence-corrected chi connectivity index (χ0v) is 12.4. The van der Waals surface area contributed by atoms with Gasteiger partial charge in [0.15, 0.2) is 0 Å². The topological polar surface area (TPSA) is 36.4 Å². The molecule has 3 nitrogen and oxygen atoms in total. The van der Waals surface area contributed by atoms with Gasteiger partial charge in [0.1, 0.15) is 0 Å². The van der Waals surface area contributed by atoms with Gasteiger partial charge < -0.3 is 10.0 Å². The Morgan fingerprint density at radius 3 is 2.47 bits per heavy atom. The maximum absolute atomic E-state index is 10.4. The summed E-state index contributed by atoms with van der Waals surface area (Å²) in [6, 6.07) is 6.05. The molecule has 0 aliphatic rings. The first-order valence-electron chi connectivity index (χ1n) is 6.61. The van der Waals surface area contributed by atoms with E-state index in [1.807, 2.05) is 38.1 Å². The van der Waals surface area contributed by atoms with Crippen molar-refractivity contribution in [2.45, 2.75) is 26.9 Å². The fraction of sp³-hybridized carbons (Fsp3) is 0.438. The van der Waals surface area contributed by atoms with E-state index in [9.17, 15) is 5.11 Å². The number of aliphatic hydroxyl groups is 1. The standard InChI is InChI=1S/C16H22N2O/c1-10-11(2)13-7-6-8-14(15(19)9-18(4)5)16(13)17-12(10)3/h6-8,15,19H,9H2,1-5H3. The van der Waals surface area contributed by atoms with Crippen LogP contribution in [0.5, 0.6) is 0 Å². The monoisotopic (exact) mass is 258 g/mol. The highest BCUT2D eigenvalue weighted by Gasteiger charge is 2.15. The highest BCUT2D eigenvalue weighted by atomic mass is 16.3. The average molecular weight is 258 g/mol. The molecule has 0 fully saturated rings. The molecule has 19 heavy (non-hydrogen) atoms. The molecule has 0 saturated carbocycles. The quantitative estimate of drug-likeness (QED) is 0.919. The average Bonchev–Trinajstić information content (AvgIpc) is 2.34. The number of aryl methyl sites for hydroxylation is 2. The van der Waals surface area contributed by atoms with Gasteiger partial charge in [-0.05, 0) is 46.0 Å². The molecule has 0 spiro atoms. The number of aliphatic hydroxyl groups excluding tert-OH is 1. The number of nitrogens with zero attached hydrogens (tertiary/aromatic N) is 2. The zero-order chi connectivity index (χ0) is 14.2. The van der Waals surface area contributed by atoms with E-state index in [4.69, 9.17) is 0 Å². The lowest BCUT2D eigenvalue weighted by molar-refractivity contribution is 0.139. The maximum atomic E-state index is 10.4. The molecule has 0 amide bonds. The summed E-state index contributed by atoms with van der Waals surface area (Å²) >= 11 is 0. The highest BCUT2D eigenvalue weighted by molar-refractivity contribution is 5.86. The molecule has 1 aromatic heterocycles. The lowest BCUT2D eigenvalue weighted by Gasteiger charge is -2.19. The number of hydrogen-bond donors (Lipinski definition) is 1. The van der Waals surface area contributed by atoms with Crippen molar-refractivity contribution in [1.82, 2.24) is 9.88 Å². The summed E-state index contributed by atoms with van der Waals surface area (Å²) in [6.07, 6.45) is -0.507. The Labute approximate surface area is 114 Å². The van der Waals surface area contributed by atoms with Gasteiger partial charge in [-0.3, -0.25) is 4.98 Å². The van der Waals surface area contributed by atoms with Crippen LogP contribution in [-0.4, -0.2) is 35.6 Å². The van der Waals surface area contributed by atoms with E-state index in [0.717, 1.165) is 22.2 Å². The third-order valence-electron chi connectivity index (χ3n) is 3.75. The van der Waals surface area contributed by atoms with Crippen LogP contribution in [0.3, 0.4) is 0 Å². The molecule has 1 unspecified atom stereocenters.